The first-order valence-corrected chi connectivity index (χ1v) is 16.1. The summed E-state index contributed by atoms with van der Waals surface area (Å²) in [5.74, 6) is -1.06. The van der Waals surface area contributed by atoms with Crippen LogP contribution in [0.4, 0.5) is 5.69 Å². The second-order valence-electron chi connectivity index (χ2n) is 13.5. The third-order valence-electron chi connectivity index (χ3n) is 10.3. The van der Waals surface area contributed by atoms with Gasteiger partial charge in [-0.1, -0.05) is 58.3 Å². The van der Waals surface area contributed by atoms with Gasteiger partial charge in [-0.05, 0) is 88.3 Å². The zero-order valence-electron chi connectivity index (χ0n) is 26.3. The molecule has 4 aliphatic rings. The lowest BCUT2D eigenvalue weighted by Gasteiger charge is -2.38. The summed E-state index contributed by atoms with van der Waals surface area (Å²) in [6.07, 6.45) is 9.48. The number of fused-ring (bicyclic) bond motifs is 1. The molecule has 2 bridgehead atoms. The van der Waals surface area contributed by atoms with Crippen LogP contribution in [0, 0.1) is 37.5 Å². The Labute approximate surface area is 251 Å². The largest absolute Gasteiger partial charge is 0.359 e. The highest BCUT2D eigenvalue weighted by Gasteiger charge is 2.72. The highest BCUT2D eigenvalue weighted by atomic mass is 16.5. The number of anilines is 1. The summed E-state index contributed by atoms with van der Waals surface area (Å²) in [7, 11) is 2.10. The Kier molecular flexibility index (Phi) is 9.14. The maximum atomic E-state index is 14.3. The van der Waals surface area contributed by atoms with E-state index in [-0.39, 0.29) is 23.8 Å². The average Bonchev–Trinajstić information content (AvgIpc) is 3.57. The molecule has 230 valence electrons. The third-order valence-corrected chi connectivity index (χ3v) is 10.3. The minimum atomic E-state index is -1.13. The van der Waals surface area contributed by atoms with Gasteiger partial charge in [0.15, 0.2) is 0 Å². The fraction of sp³-hybridized carbons (Fsp3) is 0.676. The number of ether oxygens (including phenoxy) is 1. The molecule has 1 aliphatic carbocycles. The molecule has 1 aromatic rings. The van der Waals surface area contributed by atoms with Crippen LogP contribution in [-0.2, 0) is 19.1 Å². The van der Waals surface area contributed by atoms with Crippen LogP contribution >= 0.6 is 0 Å². The Hall–Kier alpha value is -2.71. The number of hydrogen-bond donors (Lipinski definition) is 2. The van der Waals surface area contributed by atoms with Crippen molar-refractivity contribution >= 4 is 23.4 Å². The number of hydrogen-bond acceptors (Lipinski definition) is 5. The van der Waals surface area contributed by atoms with E-state index in [2.05, 4.69) is 49.4 Å². The fourth-order valence-electron chi connectivity index (χ4n) is 7.88. The Balaban J connectivity index is 1.40. The van der Waals surface area contributed by atoms with E-state index in [9.17, 15) is 14.4 Å². The van der Waals surface area contributed by atoms with Crippen LogP contribution in [-0.4, -0.2) is 78.0 Å². The molecule has 3 fully saturated rings. The van der Waals surface area contributed by atoms with Crippen molar-refractivity contribution in [2.45, 2.75) is 96.9 Å². The van der Waals surface area contributed by atoms with Crippen LogP contribution in [0.15, 0.2) is 30.4 Å². The number of carbonyl (C=O) groups excluding carboxylic acids is 3. The maximum Gasteiger partial charge on any atom is 0.246 e. The molecule has 3 heterocycles. The number of carbonyl (C=O) groups is 3. The topological polar surface area (TPSA) is 91.0 Å². The molecule has 0 unspecified atom stereocenters. The molecule has 2 N–H and O–H groups in total. The van der Waals surface area contributed by atoms with Crippen LogP contribution in [0.2, 0.25) is 0 Å². The summed E-state index contributed by atoms with van der Waals surface area (Å²) < 4.78 is 6.55. The maximum absolute atomic E-state index is 14.3. The van der Waals surface area contributed by atoms with E-state index in [1.54, 1.807) is 4.90 Å². The summed E-state index contributed by atoms with van der Waals surface area (Å²) in [6, 6.07) is 5.21. The number of nitrogens with zero attached hydrogens (tertiary/aromatic N) is 2. The van der Waals surface area contributed by atoms with E-state index in [1.165, 1.54) is 6.42 Å². The van der Waals surface area contributed by atoms with Gasteiger partial charge in [0.05, 0.1) is 17.9 Å². The lowest BCUT2D eigenvalue weighted by atomic mass is 9.73. The van der Waals surface area contributed by atoms with E-state index >= 15 is 0 Å². The summed E-state index contributed by atoms with van der Waals surface area (Å²) in [4.78, 5) is 46.3. The van der Waals surface area contributed by atoms with E-state index in [0.29, 0.717) is 24.1 Å². The molecular weight excluding hydrogens is 528 g/mol. The highest BCUT2D eigenvalue weighted by Crippen LogP contribution is 2.55. The standard InChI is InChI=1S/C34H50N4O4/c1-7-8-15-37(6)16-10-17-38-30(32(40)36-26-12-9-11-23(4)24(26)5)34-14-13-27(42-34)28(29(34)33(38)41)31(39)35-25-19-21(2)18-22(3)20-25/h13-14,18-20,23-24,26-30H,7-12,15-17H2,1-6H3,(H,35,39)(H,36,40)/t23-,24+,26-,27-,28-,29-,30+,34+/m1/s1. The summed E-state index contributed by atoms with van der Waals surface area (Å²) in [5.41, 5.74) is 1.70. The van der Waals surface area contributed by atoms with E-state index in [0.717, 1.165) is 56.3 Å². The van der Waals surface area contributed by atoms with Gasteiger partial charge in [-0.2, -0.15) is 0 Å². The fourth-order valence-corrected chi connectivity index (χ4v) is 7.88. The number of benzene rings is 1. The predicted octanol–water partition coefficient (Wildman–Crippen LogP) is 4.46. The minimum Gasteiger partial charge on any atom is -0.359 e. The molecule has 1 aromatic carbocycles. The SMILES string of the molecule is CCCCN(C)CCCN1C(=O)[C@H]2[C@H](C(=O)Nc3cc(C)cc(C)c3)[C@H]3C=C[C@@]2(O3)[C@@H]1C(=O)N[C@@H]1CCC[C@@H](C)[C@@H]1C. The van der Waals surface area contributed by atoms with Crippen molar-refractivity contribution in [1.82, 2.24) is 15.1 Å². The summed E-state index contributed by atoms with van der Waals surface area (Å²) in [5, 5.41) is 6.41. The Morgan fingerprint density at radius 3 is 2.50 bits per heavy atom. The average molecular weight is 579 g/mol. The Morgan fingerprint density at radius 1 is 1.07 bits per heavy atom. The molecule has 0 radical (unpaired) electrons. The van der Waals surface area contributed by atoms with Gasteiger partial charge in [0, 0.05) is 18.3 Å². The van der Waals surface area contributed by atoms with Crippen LogP contribution in [0.3, 0.4) is 0 Å². The van der Waals surface area contributed by atoms with Gasteiger partial charge in [-0.3, -0.25) is 14.4 Å². The van der Waals surface area contributed by atoms with Crippen molar-refractivity contribution < 1.29 is 19.1 Å². The number of amides is 3. The molecule has 2 saturated heterocycles. The zero-order chi connectivity index (χ0) is 30.2. The van der Waals surface area contributed by atoms with Crippen molar-refractivity contribution in [3.63, 3.8) is 0 Å². The highest BCUT2D eigenvalue weighted by molar-refractivity contribution is 6.02. The predicted molar refractivity (Wildman–Crippen MR) is 165 cm³/mol. The van der Waals surface area contributed by atoms with Gasteiger partial charge in [0.25, 0.3) is 0 Å². The van der Waals surface area contributed by atoms with Gasteiger partial charge in [-0.25, -0.2) is 0 Å². The third kappa shape index (κ3) is 5.77. The van der Waals surface area contributed by atoms with Crippen LogP contribution < -0.4 is 10.6 Å². The molecule has 5 rings (SSSR count). The molecule has 0 aromatic heterocycles. The first-order valence-electron chi connectivity index (χ1n) is 16.1. The van der Waals surface area contributed by atoms with Crippen molar-refractivity contribution in [3.05, 3.63) is 41.5 Å². The molecule has 42 heavy (non-hydrogen) atoms. The minimum absolute atomic E-state index is 0.0695. The molecular formula is C34H50N4O4. The first-order chi connectivity index (χ1) is 20.1. The number of likely N-dealkylation sites (tertiary alicyclic amines) is 1. The first kappa shape index (κ1) is 30.7. The molecule has 1 saturated carbocycles. The molecule has 8 nitrogen and oxygen atoms in total. The quantitative estimate of drug-likeness (QED) is 0.379. The second kappa shape index (κ2) is 12.5. The normalized spacial score (nSPS) is 33.4. The number of aryl methyl sites for hydroxylation is 2. The van der Waals surface area contributed by atoms with Gasteiger partial charge < -0.3 is 25.2 Å². The number of nitrogens with one attached hydrogen (secondary N) is 2. The lowest BCUT2D eigenvalue weighted by Crippen LogP contribution is -2.58. The zero-order valence-corrected chi connectivity index (χ0v) is 26.3. The Morgan fingerprint density at radius 2 is 1.79 bits per heavy atom. The van der Waals surface area contributed by atoms with E-state index in [1.807, 2.05) is 38.1 Å². The van der Waals surface area contributed by atoms with Crippen LogP contribution in [0.5, 0.6) is 0 Å². The molecule has 8 atom stereocenters. The molecule has 8 heteroatoms. The van der Waals surface area contributed by atoms with Gasteiger partial charge in [0.1, 0.15) is 11.6 Å². The molecule has 3 aliphatic heterocycles. The van der Waals surface area contributed by atoms with Crippen molar-refractivity contribution in [2.24, 2.45) is 23.7 Å². The van der Waals surface area contributed by atoms with Crippen LogP contribution in [0.25, 0.3) is 0 Å². The van der Waals surface area contributed by atoms with E-state index < -0.39 is 29.6 Å². The van der Waals surface area contributed by atoms with Crippen molar-refractivity contribution in [3.8, 4) is 0 Å². The monoisotopic (exact) mass is 578 g/mol. The Bertz CT molecular complexity index is 1200. The van der Waals surface area contributed by atoms with Crippen molar-refractivity contribution in [1.29, 1.82) is 0 Å². The summed E-state index contributed by atoms with van der Waals surface area (Å²) >= 11 is 0. The van der Waals surface area contributed by atoms with Crippen molar-refractivity contribution in [2.75, 3.05) is 32.0 Å². The van der Waals surface area contributed by atoms with E-state index in [4.69, 9.17) is 4.74 Å². The molecule has 1 spiro atoms. The number of rotatable bonds is 11. The molecule has 3 amide bonds. The second-order valence-corrected chi connectivity index (χ2v) is 13.5. The van der Waals surface area contributed by atoms with Gasteiger partial charge >= 0.3 is 0 Å². The number of unbranched alkanes of at least 4 members (excludes halogenated alkanes) is 1. The smallest absolute Gasteiger partial charge is 0.246 e. The van der Waals surface area contributed by atoms with Gasteiger partial charge in [0.2, 0.25) is 17.7 Å². The summed E-state index contributed by atoms with van der Waals surface area (Å²) in [6.45, 7) is 12.9. The van der Waals surface area contributed by atoms with Gasteiger partial charge in [-0.15, -0.1) is 0 Å². The lowest BCUT2D eigenvalue weighted by molar-refractivity contribution is -0.141. The van der Waals surface area contributed by atoms with Crippen LogP contribution in [0.1, 0.15) is 70.4 Å².